The molecule has 0 unspecified atom stereocenters. The van der Waals surface area contributed by atoms with Gasteiger partial charge in [0.2, 0.25) is 0 Å². The molecule has 14 heavy (non-hydrogen) atoms. The summed E-state index contributed by atoms with van der Waals surface area (Å²) >= 11 is 5.97. The molecule has 0 aliphatic rings. The fourth-order valence-electron chi connectivity index (χ4n) is 1.21. The molecule has 0 atom stereocenters. The van der Waals surface area contributed by atoms with Gasteiger partial charge in [0, 0.05) is 11.3 Å². The zero-order valence-corrected chi connectivity index (χ0v) is 9.98. The molecule has 0 bridgehead atoms. The van der Waals surface area contributed by atoms with Crippen LogP contribution in [0.5, 0.6) is 0 Å². The minimum absolute atomic E-state index is 0.270. The molecule has 0 N–H and O–H groups in total. The summed E-state index contributed by atoms with van der Waals surface area (Å²) in [5.74, 6) is 0.302. The van der Waals surface area contributed by atoms with E-state index in [9.17, 15) is 8.42 Å². The number of hydrogen-bond acceptors (Lipinski definition) is 2. The average Bonchev–Trinajstić information content (AvgIpc) is 2.01. The molecule has 0 saturated carbocycles. The molecule has 0 saturated heterocycles. The predicted octanol–water partition coefficient (Wildman–Crippen LogP) is 2.87. The molecule has 1 rings (SSSR count). The highest BCUT2D eigenvalue weighted by atomic mass is 35.5. The molecule has 78 valence electrons. The van der Waals surface area contributed by atoms with Crippen molar-refractivity contribution in [1.29, 1.82) is 0 Å². The van der Waals surface area contributed by atoms with Gasteiger partial charge in [0.05, 0.1) is 4.90 Å². The van der Waals surface area contributed by atoms with E-state index >= 15 is 0 Å². The number of rotatable bonds is 2. The van der Waals surface area contributed by atoms with Crippen LogP contribution in [0, 0.1) is 0 Å². The van der Waals surface area contributed by atoms with Gasteiger partial charge in [0.1, 0.15) is 0 Å². The Morgan fingerprint density at radius 3 is 2.21 bits per heavy atom. The molecule has 0 spiro atoms. The van der Waals surface area contributed by atoms with Crippen LogP contribution in [0.2, 0.25) is 5.02 Å². The highest BCUT2D eigenvalue weighted by Crippen LogP contribution is 2.26. The van der Waals surface area contributed by atoms with Gasteiger partial charge in [-0.15, -0.1) is 0 Å². The van der Waals surface area contributed by atoms with Crippen molar-refractivity contribution in [3.63, 3.8) is 0 Å². The molecule has 0 fully saturated rings. The topological polar surface area (TPSA) is 34.1 Å². The van der Waals surface area contributed by atoms with E-state index in [0.29, 0.717) is 10.9 Å². The van der Waals surface area contributed by atoms with Crippen LogP contribution in [-0.4, -0.2) is 14.7 Å². The first-order chi connectivity index (χ1) is 6.32. The maximum Gasteiger partial charge on any atom is 0.175 e. The number of sulfone groups is 1. The summed E-state index contributed by atoms with van der Waals surface area (Å²) in [5.41, 5.74) is 0.971. The number of benzene rings is 1. The second kappa shape index (κ2) is 3.91. The standard InChI is InChI=1S/C10H13ClO2S/c1-7(2)9-5-4-8(6-10(9)11)14(3,12)13/h4-7H,1-3H3. The third kappa shape index (κ3) is 2.49. The van der Waals surface area contributed by atoms with Gasteiger partial charge in [0.15, 0.2) is 9.84 Å². The predicted molar refractivity (Wildman–Crippen MR) is 58.7 cm³/mol. The summed E-state index contributed by atoms with van der Waals surface area (Å²) in [4.78, 5) is 0.270. The molecule has 0 aliphatic heterocycles. The second-order valence-corrected chi connectivity index (χ2v) is 6.03. The highest BCUT2D eigenvalue weighted by molar-refractivity contribution is 7.90. The summed E-state index contributed by atoms with van der Waals surface area (Å²) < 4.78 is 22.4. The van der Waals surface area contributed by atoms with E-state index in [1.165, 1.54) is 12.3 Å². The van der Waals surface area contributed by atoms with E-state index in [0.717, 1.165) is 5.56 Å². The van der Waals surface area contributed by atoms with Crippen LogP contribution < -0.4 is 0 Å². The second-order valence-electron chi connectivity index (χ2n) is 3.61. The van der Waals surface area contributed by atoms with Crippen molar-refractivity contribution in [3.8, 4) is 0 Å². The van der Waals surface area contributed by atoms with Crippen LogP contribution in [0.1, 0.15) is 25.3 Å². The van der Waals surface area contributed by atoms with Crippen molar-refractivity contribution in [2.75, 3.05) is 6.26 Å². The fraction of sp³-hybridized carbons (Fsp3) is 0.400. The zero-order chi connectivity index (χ0) is 10.9. The van der Waals surface area contributed by atoms with Crippen molar-refractivity contribution in [2.24, 2.45) is 0 Å². The van der Waals surface area contributed by atoms with Crippen LogP contribution in [-0.2, 0) is 9.84 Å². The quantitative estimate of drug-likeness (QED) is 0.786. The van der Waals surface area contributed by atoms with Crippen molar-refractivity contribution in [3.05, 3.63) is 28.8 Å². The summed E-state index contributed by atoms with van der Waals surface area (Å²) in [6.45, 7) is 4.03. The minimum atomic E-state index is -3.15. The molecule has 0 aliphatic carbocycles. The monoisotopic (exact) mass is 232 g/mol. The lowest BCUT2D eigenvalue weighted by molar-refractivity contribution is 0.602. The van der Waals surface area contributed by atoms with Crippen LogP contribution in [0.15, 0.2) is 23.1 Å². The number of halogens is 1. The van der Waals surface area contributed by atoms with E-state index in [-0.39, 0.29) is 4.90 Å². The van der Waals surface area contributed by atoms with Gasteiger partial charge >= 0.3 is 0 Å². The maximum atomic E-state index is 11.2. The Balaban J connectivity index is 3.27. The Bertz CT molecular complexity index is 435. The minimum Gasteiger partial charge on any atom is -0.224 e. The van der Waals surface area contributed by atoms with Crippen molar-refractivity contribution in [1.82, 2.24) is 0 Å². The lowest BCUT2D eigenvalue weighted by Crippen LogP contribution is -1.98. The molecule has 0 radical (unpaired) electrons. The molecular weight excluding hydrogens is 220 g/mol. The molecule has 0 amide bonds. The molecule has 4 heteroatoms. The lowest BCUT2D eigenvalue weighted by Gasteiger charge is -2.08. The Kier molecular flexibility index (Phi) is 3.22. The third-order valence-electron chi connectivity index (χ3n) is 2.02. The first-order valence-electron chi connectivity index (χ1n) is 4.32. The Hall–Kier alpha value is -0.540. The summed E-state index contributed by atoms with van der Waals surface area (Å²) in [6, 6.07) is 4.87. The van der Waals surface area contributed by atoms with Gasteiger partial charge in [0.25, 0.3) is 0 Å². The summed E-state index contributed by atoms with van der Waals surface area (Å²) in [5, 5.41) is 0.517. The summed E-state index contributed by atoms with van der Waals surface area (Å²) in [6.07, 6.45) is 1.17. The van der Waals surface area contributed by atoms with E-state index in [1.807, 2.05) is 13.8 Å². The SMILES string of the molecule is CC(C)c1ccc(S(C)(=O)=O)cc1Cl. The van der Waals surface area contributed by atoms with Crippen molar-refractivity contribution in [2.45, 2.75) is 24.7 Å². The van der Waals surface area contributed by atoms with Gasteiger partial charge in [-0.1, -0.05) is 31.5 Å². The third-order valence-corrected chi connectivity index (χ3v) is 3.46. The Labute approximate surface area is 89.8 Å². The molecule has 1 aromatic carbocycles. The molecule has 2 nitrogen and oxygen atoms in total. The van der Waals surface area contributed by atoms with Crippen LogP contribution in [0.4, 0.5) is 0 Å². The van der Waals surface area contributed by atoms with E-state index in [1.54, 1.807) is 12.1 Å². The first-order valence-corrected chi connectivity index (χ1v) is 6.59. The van der Waals surface area contributed by atoms with Crippen LogP contribution in [0.3, 0.4) is 0 Å². The largest absolute Gasteiger partial charge is 0.224 e. The molecular formula is C10H13ClO2S. The van der Waals surface area contributed by atoms with E-state index in [2.05, 4.69) is 0 Å². The Morgan fingerprint density at radius 2 is 1.86 bits per heavy atom. The fourth-order valence-corrected chi connectivity index (χ4v) is 2.32. The summed E-state index contributed by atoms with van der Waals surface area (Å²) in [7, 11) is -3.15. The van der Waals surface area contributed by atoms with Gasteiger partial charge in [-0.3, -0.25) is 0 Å². The van der Waals surface area contributed by atoms with Gasteiger partial charge < -0.3 is 0 Å². The molecule has 0 aromatic heterocycles. The van der Waals surface area contributed by atoms with E-state index in [4.69, 9.17) is 11.6 Å². The van der Waals surface area contributed by atoms with Crippen LogP contribution in [0.25, 0.3) is 0 Å². The Morgan fingerprint density at radius 1 is 1.29 bits per heavy atom. The van der Waals surface area contributed by atoms with Gasteiger partial charge in [-0.25, -0.2) is 8.42 Å². The van der Waals surface area contributed by atoms with Crippen molar-refractivity contribution >= 4 is 21.4 Å². The highest BCUT2D eigenvalue weighted by Gasteiger charge is 2.11. The average molecular weight is 233 g/mol. The smallest absolute Gasteiger partial charge is 0.175 e. The lowest BCUT2D eigenvalue weighted by atomic mass is 10.0. The van der Waals surface area contributed by atoms with Gasteiger partial charge in [-0.05, 0) is 23.6 Å². The molecule has 0 heterocycles. The number of hydrogen-bond donors (Lipinski definition) is 0. The van der Waals surface area contributed by atoms with Crippen molar-refractivity contribution < 1.29 is 8.42 Å². The zero-order valence-electron chi connectivity index (χ0n) is 8.41. The van der Waals surface area contributed by atoms with E-state index < -0.39 is 9.84 Å². The molecule has 1 aromatic rings. The first kappa shape index (κ1) is 11.5. The normalized spacial score (nSPS) is 12.1. The maximum absolute atomic E-state index is 11.2. The van der Waals surface area contributed by atoms with Crippen LogP contribution >= 0.6 is 11.6 Å². The van der Waals surface area contributed by atoms with Gasteiger partial charge in [-0.2, -0.15) is 0 Å².